The molecule has 0 amide bonds. The van der Waals surface area contributed by atoms with Crippen molar-refractivity contribution in [3.8, 4) is 34.3 Å². The standard InChI is InChI=1S/2C38H35ClF3N3O6/c2*1-21(2)36(46)50-20-51-37(47)22-9-11-31-32(13-22)45(33-18-48-19-38(33,3)4)34(43-31)14-24-12-29(42)26(16-28(24)41)30-6-5-7-35(44-30)49-17-23-8-10-25(39)15-27(23)40/h2*5-13,15-16,21,33H,14,17-20H2,1-4H3/t2*33-/m11/s1. The number of hydrogen-bond acceptors (Lipinski definition) is 16. The molecule has 532 valence electrons. The molecule has 12 rings (SSSR count). The second kappa shape index (κ2) is 31.2. The first-order valence-corrected chi connectivity index (χ1v) is 33.3. The molecule has 0 aliphatic carbocycles. The van der Waals surface area contributed by atoms with Crippen LogP contribution in [0.25, 0.3) is 44.6 Å². The van der Waals surface area contributed by atoms with E-state index in [0.29, 0.717) is 60.1 Å². The maximum atomic E-state index is 15.8. The predicted molar refractivity (Wildman–Crippen MR) is 365 cm³/mol. The van der Waals surface area contributed by atoms with Crippen LogP contribution in [0.5, 0.6) is 11.8 Å². The maximum absolute atomic E-state index is 15.8. The lowest BCUT2D eigenvalue weighted by atomic mass is 9.87. The molecule has 2 fully saturated rings. The van der Waals surface area contributed by atoms with Crippen LogP contribution < -0.4 is 9.47 Å². The Labute approximate surface area is 592 Å². The SMILES string of the molecule is CC(C)C(=O)OCOC(=O)c1ccc2nc(Cc3cc(F)c(-c4cccc(OCc5ccc(Cl)cc5F)n4)cc3F)n([C@@H]3COCC3(C)C)c2c1.CC(C)C(=O)OCOC(=O)c1ccc2nc(Cc3cc(F)c(-c4cccc(OCc5ccc(Cl)cc5F)n4)cc3F)n([C@@H]3COCC3(C)C)c2c1. The Morgan fingerprint density at radius 2 is 0.873 bits per heavy atom. The van der Waals surface area contributed by atoms with Crippen LogP contribution in [0.4, 0.5) is 26.3 Å². The van der Waals surface area contributed by atoms with Gasteiger partial charge in [-0.1, -0.05) is 103 Å². The molecule has 0 radical (unpaired) electrons. The van der Waals surface area contributed by atoms with Gasteiger partial charge in [0.05, 0.1) is 94.9 Å². The van der Waals surface area contributed by atoms with Crippen molar-refractivity contribution in [2.45, 2.75) is 93.5 Å². The number of hydrogen-bond donors (Lipinski definition) is 0. The fraction of sp³-hybridized carbons (Fsp3) is 0.316. The number of carbonyl (C=O) groups excluding carboxylic acids is 4. The Bertz CT molecular complexity index is 4540. The van der Waals surface area contributed by atoms with Gasteiger partial charge in [0.1, 0.15) is 59.8 Å². The van der Waals surface area contributed by atoms with E-state index in [0.717, 1.165) is 24.3 Å². The van der Waals surface area contributed by atoms with Crippen LogP contribution in [0.2, 0.25) is 10.0 Å². The third-order valence-corrected chi connectivity index (χ3v) is 17.9. The molecule has 2 atom stereocenters. The number of carbonyl (C=O) groups is 4. The number of esters is 4. The van der Waals surface area contributed by atoms with E-state index in [1.807, 2.05) is 36.8 Å². The summed E-state index contributed by atoms with van der Waals surface area (Å²) in [7, 11) is 0. The van der Waals surface area contributed by atoms with Crippen molar-refractivity contribution in [1.82, 2.24) is 29.1 Å². The van der Waals surface area contributed by atoms with Crippen LogP contribution in [-0.2, 0) is 64.1 Å². The molecule has 102 heavy (non-hydrogen) atoms. The third-order valence-electron chi connectivity index (χ3n) is 17.4. The van der Waals surface area contributed by atoms with Gasteiger partial charge in [-0.05, 0) is 108 Å². The monoisotopic (exact) mass is 1440 g/mol. The average Bonchev–Trinajstić information content (AvgIpc) is 1.60. The van der Waals surface area contributed by atoms with Crippen molar-refractivity contribution in [3.63, 3.8) is 0 Å². The molecular formula is C76H70Cl2F6N6O12. The summed E-state index contributed by atoms with van der Waals surface area (Å²) in [5, 5.41) is 0.502. The van der Waals surface area contributed by atoms with Crippen LogP contribution >= 0.6 is 23.2 Å². The summed E-state index contributed by atoms with van der Waals surface area (Å²) in [5.41, 5.74) is 2.65. The minimum atomic E-state index is -0.713. The van der Waals surface area contributed by atoms with E-state index < -0.39 is 72.4 Å². The van der Waals surface area contributed by atoms with Crippen molar-refractivity contribution >= 4 is 69.1 Å². The highest BCUT2D eigenvalue weighted by Crippen LogP contribution is 2.43. The molecular weight excluding hydrogens is 1370 g/mol. The molecule has 0 saturated carbocycles. The Balaban J connectivity index is 0.000000205. The number of rotatable bonds is 22. The lowest BCUT2D eigenvalue weighted by Gasteiger charge is -2.28. The summed E-state index contributed by atoms with van der Waals surface area (Å²) in [6.07, 6.45) is -0.142. The number of ether oxygens (including phenoxy) is 8. The molecule has 4 aromatic heterocycles. The Hall–Kier alpha value is -9.88. The molecule has 18 nitrogen and oxygen atoms in total. The van der Waals surface area contributed by atoms with Crippen molar-refractivity contribution in [2.75, 3.05) is 40.0 Å². The van der Waals surface area contributed by atoms with Gasteiger partial charge in [0.25, 0.3) is 0 Å². The normalized spacial score (nSPS) is 15.4. The zero-order valence-corrected chi connectivity index (χ0v) is 58.2. The molecule has 0 spiro atoms. The Morgan fingerprint density at radius 1 is 0.480 bits per heavy atom. The van der Waals surface area contributed by atoms with Gasteiger partial charge in [-0.25, -0.2) is 55.9 Å². The molecule has 10 aromatic rings. The number of aromatic nitrogens is 6. The lowest BCUT2D eigenvalue weighted by Crippen LogP contribution is -2.27. The van der Waals surface area contributed by atoms with Gasteiger partial charge in [0.2, 0.25) is 25.3 Å². The number of nitrogens with zero attached hydrogens (tertiary/aromatic N) is 6. The van der Waals surface area contributed by atoms with E-state index in [4.69, 9.17) is 71.1 Å². The highest BCUT2D eigenvalue weighted by molar-refractivity contribution is 6.30. The van der Waals surface area contributed by atoms with E-state index in [-0.39, 0.29) is 139 Å². The van der Waals surface area contributed by atoms with Crippen LogP contribution in [-0.4, -0.2) is 93.0 Å². The zero-order valence-electron chi connectivity index (χ0n) is 56.7. The average molecular weight is 1440 g/mol. The topological polar surface area (TPSA) is 204 Å². The molecule has 6 heterocycles. The van der Waals surface area contributed by atoms with Gasteiger partial charge in [0, 0.05) is 68.1 Å². The van der Waals surface area contributed by atoms with Crippen LogP contribution in [0.1, 0.15) is 122 Å². The van der Waals surface area contributed by atoms with Gasteiger partial charge < -0.3 is 47.0 Å². The van der Waals surface area contributed by atoms with Crippen LogP contribution in [0.15, 0.2) is 133 Å². The maximum Gasteiger partial charge on any atom is 0.341 e. The van der Waals surface area contributed by atoms with Crippen LogP contribution in [0.3, 0.4) is 0 Å². The largest absolute Gasteiger partial charge is 0.473 e. The van der Waals surface area contributed by atoms with Crippen molar-refractivity contribution in [1.29, 1.82) is 0 Å². The second-order valence-corrected chi connectivity index (χ2v) is 27.4. The lowest BCUT2D eigenvalue weighted by molar-refractivity contribution is -0.157. The number of imidazole rings is 2. The molecule has 2 aliphatic heterocycles. The summed E-state index contributed by atoms with van der Waals surface area (Å²) >= 11 is 11.6. The van der Waals surface area contributed by atoms with E-state index >= 15 is 17.6 Å². The summed E-state index contributed by atoms with van der Waals surface area (Å²) in [4.78, 5) is 67.5. The fourth-order valence-corrected chi connectivity index (χ4v) is 12.0. The fourth-order valence-electron chi connectivity index (χ4n) is 11.7. The number of fused-ring (bicyclic) bond motifs is 2. The number of pyridine rings is 2. The molecule has 0 N–H and O–H groups in total. The second-order valence-electron chi connectivity index (χ2n) is 26.5. The van der Waals surface area contributed by atoms with Crippen molar-refractivity contribution < 1.29 is 83.4 Å². The molecule has 2 aliphatic rings. The highest BCUT2D eigenvalue weighted by atomic mass is 35.5. The Kier molecular flexibility index (Phi) is 22.4. The van der Waals surface area contributed by atoms with Gasteiger partial charge in [-0.3, -0.25) is 9.59 Å². The van der Waals surface area contributed by atoms with E-state index in [2.05, 4.69) is 9.97 Å². The van der Waals surface area contributed by atoms with Gasteiger partial charge in [0.15, 0.2) is 0 Å². The molecule has 0 unspecified atom stereocenters. The molecule has 2 saturated heterocycles. The molecule has 0 bridgehead atoms. The van der Waals surface area contributed by atoms with Crippen LogP contribution in [0, 0.1) is 57.6 Å². The summed E-state index contributed by atoms with van der Waals surface area (Å²) in [6.45, 7) is 15.1. The van der Waals surface area contributed by atoms with E-state index in [9.17, 15) is 28.0 Å². The summed E-state index contributed by atoms with van der Waals surface area (Å²) < 4.78 is 139. The predicted octanol–water partition coefficient (Wildman–Crippen LogP) is 16.5. The minimum absolute atomic E-state index is 0.0572. The van der Waals surface area contributed by atoms with Gasteiger partial charge >= 0.3 is 23.9 Å². The highest BCUT2D eigenvalue weighted by Gasteiger charge is 2.41. The summed E-state index contributed by atoms with van der Waals surface area (Å²) in [6, 6.07) is 31.2. The number of benzene rings is 6. The van der Waals surface area contributed by atoms with E-state index in [1.54, 1.807) is 64.1 Å². The van der Waals surface area contributed by atoms with Crippen molar-refractivity contribution in [2.24, 2.45) is 22.7 Å². The first kappa shape index (κ1) is 73.3. The molecule has 6 aromatic carbocycles. The number of halogens is 8. The quantitative estimate of drug-likeness (QED) is 0.0352. The van der Waals surface area contributed by atoms with E-state index in [1.165, 1.54) is 72.8 Å². The molecule has 26 heteroatoms. The van der Waals surface area contributed by atoms with Gasteiger partial charge in [-0.15, -0.1) is 0 Å². The van der Waals surface area contributed by atoms with Crippen molar-refractivity contribution in [3.05, 3.63) is 223 Å². The summed E-state index contributed by atoms with van der Waals surface area (Å²) in [5.74, 6) is -5.92. The van der Waals surface area contributed by atoms with Gasteiger partial charge in [-0.2, -0.15) is 0 Å². The smallest absolute Gasteiger partial charge is 0.341 e. The zero-order chi connectivity index (χ0) is 72.9. The Morgan fingerprint density at radius 3 is 1.24 bits per heavy atom. The first-order valence-electron chi connectivity index (χ1n) is 32.5. The first-order chi connectivity index (χ1) is 48.6. The third kappa shape index (κ3) is 16.8. The minimum Gasteiger partial charge on any atom is -0.473 e.